The summed E-state index contributed by atoms with van der Waals surface area (Å²) in [6.07, 6.45) is 0. The molecule has 1 saturated heterocycles. The first-order valence-corrected chi connectivity index (χ1v) is 10.3. The van der Waals surface area contributed by atoms with E-state index < -0.39 is 0 Å². The van der Waals surface area contributed by atoms with Crippen molar-refractivity contribution in [3.05, 3.63) is 54.6 Å². The molecular formula is C20H25N3OS2. The molecule has 1 aliphatic heterocycles. The van der Waals surface area contributed by atoms with E-state index in [2.05, 4.69) is 51.5 Å². The smallest absolute Gasteiger partial charge is 0.169 e. The van der Waals surface area contributed by atoms with Crippen LogP contribution in [0, 0.1) is 0 Å². The Morgan fingerprint density at radius 2 is 1.73 bits per heavy atom. The number of thiocarbonyl (C=S) groups is 1. The van der Waals surface area contributed by atoms with Crippen LogP contribution in [0.15, 0.2) is 59.5 Å². The van der Waals surface area contributed by atoms with Gasteiger partial charge in [-0.15, -0.1) is 11.8 Å². The molecule has 0 unspecified atom stereocenters. The first-order chi connectivity index (χ1) is 12.8. The molecule has 0 atom stereocenters. The number of hydrogen-bond acceptors (Lipinski definition) is 4. The van der Waals surface area contributed by atoms with E-state index >= 15 is 0 Å². The van der Waals surface area contributed by atoms with Crippen molar-refractivity contribution in [2.45, 2.75) is 4.90 Å². The molecule has 1 heterocycles. The zero-order chi connectivity index (χ0) is 18.2. The van der Waals surface area contributed by atoms with Gasteiger partial charge in [-0.1, -0.05) is 18.2 Å². The van der Waals surface area contributed by atoms with Gasteiger partial charge in [0.05, 0.1) is 7.11 Å². The summed E-state index contributed by atoms with van der Waals surface area (Å²) >= 11 is 7.41. The maximum absolute atomic E-state index is 5.56. The molecule has 0 spiro atoms. The summed E-state index contributed by atoms with van der Waals surface area (Å²) in [7, 11) is 1.69. The van der Waals surface area contributed by atoms with E-state index in [-0.39, 0.29) is 0 Å². The van der Waals surface area contributed by atoms with E-state index in [0.29, 0.717) is 0 Å². The second-order valence-corrected chi connectivity index (χ2v) is 7.62. The molecule has 26 heavy (non-hydrogen) atoms. The van der Waals surface area contributed by atoms with Crippen molar-refractivity contribution in [2.24, 2.45) is 0 Å². The van der Waals surface area contributed by atoms with Crippen molar-refractivity contribution < 1.29 is 4.74 Å². The summed E-state index contributed by atoms with van der Waals surface area (Å²) in [6.45, 7) is 4.74. The fourth-order valence-electron chi connectivity index (χ4n) is 2.92. The topological polar surface area (TPSA) is 27.7 Å². The predicted octanol–water partition coefficient (Wildman–Crippen LogP) is 3.48. The Morgan fingerprint density at radius 3 is 2.38 bits per heavy atom. The fourth-order valence-corrected chi connectivity index (χ4v) is 3.99. The van der Waals surface area contributed by atoms with Gasteiger partial charge >= 0.3 is 0 Å². The lowest BCUT2D eigenvalue weighted by Gasteiger charge is -2.37. The maximum Gasteiger partial charge on any atom is 0.169 e. The second-order valence-electron chi connectivity index (χ2n) is 6.07. The molecular weight excluding hydrogens is 362 g/mol. The molecule has 138 valence electrons. The number of piperazine rings is 1. The molecule has 0 radical (unpaired) electrons. The van der Waals surface area contributed by atoms with Crippen molar-refractivity contribution in [3.8, 4) is 5.75 Å². The number of anilines is 1. The summed E-state index contributed by atoms with van der Waals surface area (Å²) in [5.74, 6) is 1.90. The quantitative estimate of drug-likeness (QED) is 0.463. The number of ether oxygens (including phenoxy) is 1. The first kappa shape index (κ1) is 18.9. The molecule has 0 saturated carbocycles. The molecule has 0 aromatic heterocycles. The van der Waals surface area contributed by atoms with E-state index in [0.717, 1.165) is 49.3 Å². The first-order valence-electron chi connectivity index (χ1n) is 8.86. The molecule has 0 bridgehead atoms. The van der Waals surface area contributed by atoms with E-state index in [4.69, 9.17) is 17.0 Å². The third-order valence-corrected chi connectivity index (χ3v) is 5.81. The number of nitrogens with one attached hydrogen (secondary N) is 1. The highest BCUT2D eigenvalue weighted by atomic mass is 32.2. The minimum atomic E-state index is 0.869. The molecule has 2 aromatic carbocycles. The molecule has 4 nitrogen and oxygen atoms in total. The Bertz CT molecular complexity index is 686. The number of methoxy groups -OCH3 is 1. The average molecular weight is 388 g/mol. The van der Waals surface area contributed by atoms with Gasteiger partial charge in [0.25, 0.3) is 0 Å². The summed E-state index contributed by atoms with van der Waals surface area (Å²) in [5.41, 5.74) is 1.24. The second kappa shape index (κ2) is 9.69. The number of thioether (sulfide) groups is 1. The van der Waals surface area contributed by atoms with E-state index in [1.807, 2.05) is 30.0 Å². The molecule has 1 aliphatic rings. The average Bonchev–Trinajstić information content (AvgIpc) is 2.72. The van der Waals surface area contributed by atoms with Crippen LogP contribution in [0.4, 0.5) is 5.69 Å². The van der Waals surface area contributed by atoms with Crippen LogP contribution in [-0.2, 0) is 0 Å². The molecule has 1 N–H and O–H groups in total. The van der Waals surface area contributed by atoms with Gasteiger partial charge in [-0.3, -0.25) is 0 Å². The molecule has 6 heteroatoms. The number of rotatable bonds is 6. The van der Waals surface area contributed by atoms with Crippen LogP contribution in [-0.4, -0.2) is 55.6 Å². The highest BCUT2D eigenvalue weighted by Gasteiger charge is 2.18. The van der Waals surface area contributed by atoms with E-state index in [1.54, 1.807) is 7.11 Å². The fraction of sp³-hybridized carbons (Fsp3) is 0.350. The Morgan fingerprint density at radius 1 is 1.04 bits per heavy atom. The van der Waals surface area contributed by atoms with Gasteiger partial charge in [0, 0.05) is 49.1 Å². The molecule has 1 fully saturated rings. The zero-order valence-electron chi connectivity index (χ0n) is 15.1. The normalized spacial score (nSPS) is 14.2. The number of benzene rings is 2. The lowest BCUT2D eigenvalue weighted by atomic mass is 10.2. The van der Waals surface area contributed by atoms with Crippen molar-refractivity contribution >= 4 is 34.8 Å². The minimum absolute atomic E-state index is 0.869. The third kappa shape index (κ3) is 5.29. The van der Waals surface area contributed by atoms with E-state index in [9.17, 15) is 0 Å². The number of nitrogens with zero attached hydrogens (tertiary/aromatic N) is 2. The highest BCUT2D eigenvalue weighted by Crippen LogP contribution is 2.20. The lowest BCUT2D eigenvalue weighted by Crippen LogP contribution is -2.52. The predicted molar refractivity (Wildman–Crippen MR) is 115 cm³/mol. The van der Waals surface area contributed by atoms with Crippen LogP contribution in [0.5, 0.6) is 5.75 Å². The van der Waals surface area contributed by atoms with Crippen LogP contribution >= 0.6 is 24.0 Å². The van der Waals surface area contributed by atoms with Gasteiger partial charge in [0.15, 0.2) is 5.11 Å². The monoisotopic (exact) mass is 387 g/mol. The van der Waals surface area contributed by atoms with Crippen LogP contribution in [0.3, 0.4) is 0 Å². The van der Waals surface area contributed by atoms with Crippen molar-refractivity contribution in [1.29, 1.82) is 0 Å². The summed E-state index contributed by atoms with van der Waals surface area (Å²) in [4.78, 5) is 5.96. The van der Waals surface area contributed by atoms with Crippen LogP contribution in [0.2, 0.25) is 0 Å². The minimum Gasteiger partial charge on any atom is -0.497 e. The molecule has 0 aliphatic carbocycles. The Kier molecular flexibility index (Phi) is 7.03. The summed E-state index contributed by atoms with van der Waals surface area (Å²) < 4.78 is 5.23. The van der Waals surface area contributed by atoms with Crippen LogP contribution in [0.25, 0.3) is 0 Å². The Balaban J connectivity index is 1.37. The van der Waals surface area contributed by atoms with Gasteiger partial charge in [-0.2, -0.15) is 0 Å². The zero-order valence-corrected chi connectivity index (χ0v) is 16.7. The summed E-state index contributed by atoms with van der Waals surface area (Å²) in [6, 6.07) is 18.7. The third-order valence-electron chi connectivity index (χ3n) is 4.39. The lowest BCUT2D eigenvalue weighted by molar-refractivity contribution is 0.381. The van der Waals surface area contributed by atoms with Crippen LogP contribution in [0.1, 0.15) is 0 Å². The Labute approximate surface area is 165 Å². The largest absolute Gasteiger partial charge is 0.497 e. The molecule has 0 amide bonds. The van der Waals surface area contributed by atoms with Gasteiger partial charge in [0.1, 0.15) is 5.75 Å². The van der Waals surface area contributed by atoms with Gasteiger partial charge in [-0.25, -0.2) is 0 Å². The van der Waals surface area contributed by atoms with Crippen molar-refractivity contribution in [1.82, 2.24) is 10.2 Å². The molecule has 3 rings (SSSR count). The standard InChI is InChI=1S/C20H25N3OS2/c1-24-18-9-7-17(8-10-18)22-12-14-23(15-13-22)20(25)21-11-16-26-19-5-3-2-4-6-19/h2-10H,11-16H2,1H3,(H,21,25). The Hall–Kier alpha value is -1.92. The van der Waals surface area contributed by atoms with E-state index in [1.165, 1.54) is 10.6 Å². The molecule has 2 aromatic rings. The SMILES string of the molecule is COc1ccc(N2CCN(C(=S)NCCSc3ccccc3)CC2)cc1. The van der Waals surface area contributed by atoms with Gasteiger partial charge in [0.2, 0.25) is 0 Å². The van der Waals surface area contributed by atoms with Crippen molar-refractivity contribution in [3.63, 3.8) is 0 Å². The van der Waals surface area contributed by atoms with Gasteiger partial charge in [-0.05, 0) is 48.6 Å². The number of hydrogen-bond donors (Lipinski definition) is 1. The van der Waals surface area contributed by atoms with Crippen LogP contribution < -0.4 is 15.0 Å². The van der Waals surface area contributed by atoms with Gasteiger partial charge < -0.3 is 19.9 Å². The highest BCUT2D eigenvalue weighted by molar-refractivity contribution is 7.99. The summed E-state index contributed by atoms with van der Waals surface area (Å²) in [5, 5.41) is 4.26. The maximum atomic E-state index is 5.56. The van der Waals surface area contributed by atoms with Crippen molar-refractivity contribution in [2.75, 3.05) is 50.5 Å².